The number of ether oxygens (including phenoxy) is 3. The van der Waals surface area contributed by atoms with E-state index in [0.717, 1.165) is 5.56 Å². The molecule has 1 aliphatic heterocycles. The zero-order chi connectivity index (χ0) is 23.5. The first-order chi connectivity index (χ1) is 15.2. The van der Waals surface area contributed by atoms with Crippen molar-refractivity contribution in [2.24, 2.45) is 0 Å². The number of carbonyl (C=O) groups excluding carboxylic acids is 1. The van der Waals surface area contributed by atoms with E-state index in [1.165, 1.54) is 25.6 Å². The van der Waals surface area contributed by atoms with Crippen LogP contribution in [0.1, 0.15) is 35.7 Å². The largest absolute Gasteiger partial charge is 0.496 e. The summed E-state index contributed by atoms with van der Waals surface area (Å²) in [5.74, 6) is 1.33. The number of rotatable bonds is 7. The van der Waals surface area contributed by atoms with E-state index in [1.807, 2.05) is 12.1 Å². The molecule has 0 atom stereocenters. The number of piperazine rings is 1. The summed E-state index contributed by atoms with van der Waals surface area (Å²) in [5.41, 5.74) is 1.42. The van der Waals surface area contributed by atoms with Gasteiger partial charge in [-0.25, -0.2) is 8.42 Å². The fourth-order valence-electron chi connectivity index (χ4n) is 3.67. The van der Waals surface area contributed by atoms with Gasteiger partial charge in [0, 0.05) is 38.3 Å². The minimum atomic E-state index is -3.62. The molecule has 0 N–H and O–H groups in total. The van der Waals surface area contributed by atoms with Gasteiger partial charge in [0.15, 0.2) is 11.5 Å². The average molecular weight is 463 g/mol. The number of carbonyl (C=O) groups is 1. The lowest BCUT2D eigenvalue weighted by Crippen LogP contribution is -2.50. The standard InChI is InChI=1S/C23H30N2O6S/c1-16(2)17-6-8-18(9-7-17)32(27,28)25-12-10-24(11-13-25)23(26)19-14-21(30-4)22(31-5)15-20(19)29-3/h6-9,14-16H,10-13H2,1-5H3. The van der Waals surface area contributed by atoms with Crippen LogP contribution in [0.3, 0.4) is 0 Å². The van der Waals surface area contributed by atoms with Crippen LogP contribution in [0.15, 0.2) is 41.3 Å². The molecule has 0 radical (unpaired) electrons. The molecule has 0 spiro atoms. The van der Waals surface area contributed by atoms with Crippen molar-refractivity contribution in [3.63, 3.8) is 0 Å². The maximum Gasteiger partial charge on any atom is 0.257 e. The first-order valence-corrected chi connectivity index (χ1v) is 11.9. The molecule has 2 aromatic carbocycles. The summed E-state index contributed by atoms with van der Waals surface area (Å²) in [6.07, 6.45) is 0. The van der Waals surface area contributed by atoms with Gasteiger partial charge in [0.1, 0.15) is 5.75 Å². The molecule has 0 aromatic heterocycles. The summed E-state index contributed by atoms with van der Waals surface area (Å²) in [7, 11) is 0.867. The van der Waals surface area contributed by atoms with Crippen molar-refractivity contribution in [2.45, 2.75) is 24.7 Å². The highest BCUT2D eigenvalue weighted by atomic mass is 32.2. The van der Waals surface area contributed by atoms with Crippen molar-refractivity contribution < 1.29 is 27.4 Å². The zero-order valence-electron chi connectivity index (χ0n) is 19.1. The van der Waals surface area contributed by atoms with Gasteiger partial charge in [-0.3, -0.25) is 4.79 Å². The van der Waals surface area contributed by atoms with Crippen molar-refractivity contribution in [2.75, 3.05) is 47.5 Å². The summed E-state index contributed by atoms with van der Waals surface area (Å²) >= 11 is 0. The second-order valence-corrected chi connectivity index (χ2v) is 9.77. The molecular formula is C23H30N2O6S. The third kappa shape index (κ3) is 4.68. The first-order valence-electron chi connectivity index (χ1n) is 10.4. The van der Waals surface area contributed by atoms with Gasteiger partial charge in [0.25, 0.3) is 5.91 Å². The Morgan fingerprint density at radius 1 is 0.844 bits per heavy atom. The fraction of sp³-hybridized carbons (Fsp3) is 0.435. The fourth-order valence-corrected chi connectivity index (χ4v) is 5.09. The number of sulfonamides is 1. The van der Waals surface area contributed by atoms with Crippen molar-refractivity contribution in [1.29, 1.82) is 0 Å². The number of amides is 1. The van der Waals surface area contributed by atoms with E-state index >= 15 is 0 Å². The molecule has 174 valence electrons. The Hall–Kier alpha value is -2.78. The topological polar surface area (TPSA) is 85.4 Å². The molecular weight excluding hydrogens is 432 g/mol. The van der Waals surface area contributed by atoms with E-state index in [1.54, 1.807) is 29.2 Å². The van der Waals surface area contributed by atoms with E-state index in [2.05, 4.69) is 13.8 Å². The Bertz CT molecular complexity index is 1060. The van der Waals surface area contributed by atoms with Gasteiger partial charge in [-0.15, -0.1) is 0 Å². The Balaban J connectivity index is 1.75. The zero-order valence-corrected chi connectivity index (χ0v) is 19.9. The lowest BCUT2D eigenvalue weighted by molar-refractivity contribution is 0.0694. The van der Waals surface area contributed by atoms with Gasteiger partial charge < -0.3 is 19.1 Å². The number of methoxy groups -OCH3 is 3. The summed E-state index contributed by atoms with van der Waals surface area (Å²) in [6.45, 7) is 5.12. The number of nitrogens with zero attached hydrogens (tertiary/aromatic N) is 2. The van der Waals surface area contributed by atoms with E-state index in [0.29, 0.717) is 28.7 Å². The molecule has 1 saturated heterocycles. The van der Waals surface area contributed by atoms with Gasteiger partial charge >= 0.3 is 0 Å². The quantitative estimate of drug-likeness (QED) is 0.629. The van der Waals surface area contributed by atoms with Gasteiger partial charge in [0.05, 0.1) is 31.8 Å². The summed E-state index contributed by atoms with van der Waals surface area (Å²) in [4.78, 5) is 15.0. The highest BCUT2D eigenvalue weighted by molar-refractivity contribution is 7.89. The maximum absolute atomic E-state index is 13.2. The Kier molecular flexibility index (Phi) is 7.30. The van der Waals surface area contributed by atoms with Crippen LogP contribution in [-0.4, -0.2) is 71.0 Å². The summed E-state index contributed by atoms with van der Waals surface area (Å²) in [6, 6.07) is 10.2. The predicted octanol–water partition coefficient (Wildman–Crippen LogP) is 2.98. The van der Waals surface area contributed by atoms with Gasteiger partial charge in [-0.1, -0.05) is 26.0 Å². The van der Waals surface area contributed by atoms with Crippen LogP contribution in [-0.2, 0) is 10.0 Å². The van der Waals surface area contributed by atoms with Crippen LogP contribution in [0.4, 0.5) is 0 Å². The maximum atomic E-state index is 13.2. The molecule has 0 saturated carbocycles. The SMILES string of the molecule is COc1cc(OC)c(C(=O)N2CCN(S(=O)(=O)c3ccc(C(C)C)cc3)CC2)cc1OC. The summed E-state index contributed by atoms with van der Waals surface area (Å²) in [5, 5.41) is 0. The molecule has 1 aliphatic rings. The molecule has 0 bridgehead atoms. The number of hydrogen-bond acceptors (Lipinski definition) is 6. The smallest absolute Gasteiger partial charge is 0.257 e. The van der Waals surface area contributed by atoms with Crippen LogP contribution in [0.2, 0.25) is 0 Å². The number of hydrogen-bond donors (Lipinski definition) is 0. The normalized spacial score (nSPS) is 15.0. The van der Waals surface area contributed by atoms with Gasteiger partial charge in [-0.05, 0) is 23.6 Å². The molecule has 1 fully saturated rings. The summed E-state index contributed by atoms with van der Waals surface area (Å²) < 4.78 is 43.5. The molecule has 0 unspecified atom stereocenters. The molecule has 1 heterocycles. The molecule has 32 heavy (non-hydrogen) atoms. The minimum Gasteiger partial charge on any atom is -0.496 e. The van der Waals surface area contributed by atoms with E-state index in [-0.39, 0.29) is 37.0 Å². The van der Waals surface area contributed by atoms with Crippen molar-refractivity contribution in [3.8, 4) is 17.2 Å². The van der Waals surface area contributed by atoms with E-state index in [4.69, 9.17) is 14.2 Å². The molecule has 8 nitrogen and oxygen atoms in total. The van der Waals surface area contributed by atoms with Crippen molar-refractivity contribution >= 4 is 15.9 Å². The minimum absolute atomic E-state index is 0.218. The molecule has 0 aliphatic carbocycles. The molecule has 1 amide bonds. The Morgan fingerprint density at radius 3 is 1.88 bits per heavy atom. The van der Waals surface area contributed by atoms with Crippen molar-refractivity contribution in [3.05, 3.63) is 47.5 Å². The highest BCUT2D eigenvalue weighted by Crippen LogP contribution is 2.35. The predicted molar refractivity (Wildman–Crippen MR) is 121 cm³/mol. The van der Waals surface area contributed by atoms with Crippen LogP contribution in [0.5, 0.6) is 17.2 Å². The third-order valence-corrected chi connectivity index (χ3v) is 7.56. The lowest BCUT2D eigenvalue weighted by atomic mass is 10.0. The van der Waals surface area contributed by atoms with Crippen molar-refractivity contribution in [1.82, 2.24) is 9.21 Å². The van der Waals surface area contributed by atoms with E-state index in [9.17, 15) is 13.2 Å². The monoisotopic (exact) mass is 462 g/mol. The average Bonchev–Trinajstić information content (AvgIpc) is 2.82. The van der Waals surface area contributed by atoms with Crippen LogP contribution < -0.4 is 14.2 Å². The lowest BCUT2D eigenvalue weighted by Gasteiger charge is -2.34. The molecule has 2 aromatic rings. The Labute approximate surface area is 189 Å². The van der Waals surface area contributed by atoms with Crippen LogP contribution >= 0.6 is 0 Å². The van der Waals surface area contributed by atoms with E-state index < -0.39 is 10.0 Å². The highest BCUT2D eigenvalue weighted by Gasteiger charge is 2.31. The second-order valence-electron chi connectivity index (χ2n) is 7.83. The number of benzene rings is 2. The van der Waals surface area contributed by atoms with Crippen LogP contribution in [0, 0.1) is 0 Å². The van der Waals surface area contributed by atoms with Gasteiger partial charge in [0.2, 0.25) is 10.0 Å². The third-order valence-electron chi connectivity index (χ3n) is 5.65. The second kappa shape index (κ2) is 9.79. The molecule has 3 rings (SSSR count). The first kappa shape index (κ1) is 23.9. The van der Waals surface area contributed by atoms with Gasteiger partial charge in [-0.2, -0.15) is 4.31 Å². The Morgan fingerprint density at radius 2 is 1.38 bits per heavy atom. The molecule has 9 heteroatoms. The van der Waals surface area contributed by atoms with Crippen LogP contribution in [0.25, 0.3) is 0 Å².